The zero-order valence-corrected chi connectivity index (χ0v) is 14.8. The molecular formula is C17H19BrClNO. The Morgan fingerprint density at radius 3 is 2.67 bits per heavy atom. The lowest BCUT2D eigenvalue weighted by molar-refractivity contribution is 0.300. The van der Waals surface area contributed by atoms with Crippen LogP contribution in [0.5, 0.6) is 5.75 Å². The van der Waals surface area contributed by atoms with E-state index in [1.165, 1.54) is 0 Å². The molecule has 2 aromatic carbocycles. The van der Waals surface area contributed by atoms with Gasteiger partial charge in [-0.05, 0) is 50.7 Å². The van der Waals surface area contributed by atoms with Crippen molar-refractivity contribution in [2.45, 2.75) is 26.5 Å². The summed E-state index contributed by atoms with van der Waals surface area (Å²) in [4.78, 5) is 0. The van der Waals surface area contributed by atoms with Crippen LogP contribution in [0.2, 0.25) is 5.02 Å². The minimum atomic E-state index is 0.214. The van der Waals surface area contributed by atoms with Crippen molar-refractivity contribution in [3.63, 3.8) is 0 Å². The summed E-state index contributed by atoms with van der Waals surface area (Å²) in [7, 11) is 1.94. The molecule has 0 aliphatic rings. The molecule has 2 rings (SSSR count). The van der Waals surface area contributed by atoms with Crippen LogP contribution < -0.4 is 10.1 Å². The molecule has 0 spiro atoms. The largest absolute Gasteiger partial charge is 0.489 e. The van der Waals surface area contributed by atoms with Crippen LogP contribution in [-0.2, 0) is 6.61 Å². The lowest BCUT2D eigenvalue weighted by Gasteiger charge is -2.17. The summed E-state index contributed by atoms with van der Waals surface area (Å²) < 4.78 is 7.02. The summed E-state index contributed by atoms with van der Waals surface area (Å²) in [5.41, 5.74) is 3.26. The average Bonchev–Trinajstić information content (AvgIpc) is 2.46. The fraction of sp³-hybridized carbons (Fsp3) is 0.294. The Hall–Kier alpha value is -1.03. The molecule has 1 N–H and O–H groups in total. The first-order valence-corrected chi connectivity index (χ1v) is 8.03. The molecular weight excluding hydrogens is 350 g/mol. The van der Waals surface area contributed by atoms with E-state index in [1.54, 1.807) is 0 Å². The molecule has 21 heavy (non-hydrogen) atoms. The molecule has 0 fully saturated rings. The second kappa shape index (κ2) is 7.30. The zero-order chi connectivity index (χ0) is 15.4. The minimum absolute atomic E-state index is 0.214. The zero-order valence-electron chi connectivity index (χ0n) is 12.4. The van der Waals surface area contributed by atoms with Crippen LogP contribution in [0.15, 0.2) is 40.9 Å². The van der Waals surface area contributed by atoms with Gasteiger partial charge >= 0.3 is 0 Å². The number of rotatable bonds is 5. The van der Waals surface area contributed by atoms with Crippen LogP contribution in [-0.4, -0.2) is 7.05 Å². The van der Waals surface area contributed by atoms with Gasteiger partial charge in [0.1, 0.15) is 12.4 Å². The quantitative estimate of drug-likeness (QED) is 0.776. The van der Waals surface area contributed by atoms with Gasteiger partial charge in [-0.1, -0.05) is 39.7 Å². The molecule has 0 saturated carbocycles. The monoisotopic (exact) mass is 367 g/mol. The highest BCUT2D eigenvalue weighted by atomic mass is 79.9. The van der Waals surface area contributed by atoms with Gasteiger partial charge in [0.05, 0.1) is 0 Å². The Labute approximate surface area is 139 Å². The van der Waals surface area contributed by atoms with Gasteiger partial charge in [-0.25, -0.2) is 0 Å². The maximum atomic E-state index is 6.25. The fourth-order valence-corrected chi connectivity index (χ4v) is 2.74. The Bertz CT molecular complexity index is 630. The third kappa shape index (κ3) is 4.22. The van der Waals surface area contributed by atoms with Crippen molar-refractivity contribution in [3.8, 4) is 5.75 Å². The summed E-state index contributed by atoms with van der Waals surface area (Å²) in [6, 6.07) is 12.3. The van der Waals surface area contributed by atoms with Crippen LogP contribution in [0.4, 0.5) is 0 Å². The predicted molar refractivity (Wildman–Crippen MR) is 92.1 cm³/mol. The third-order valence-electron chi connectivity index (χ3n) is 3.46. The van der Waals surface area contributed by atoms with E-state index in [0.29, 0.717) is 6.61 Å². The van der Waals surface area contributed by atoms with Crippen molar-refractivity contribution < 1.29 is 4.74 Å². The number of aryl methyl sites for hydroxylation is 1. The van der Waals surface area contributed by atoms with E-state index in [-0.39, 0.29) is 6.04 Å². The van der Waals surface area contributed by atoms with Gasteiger partial charge in [0.15, 0.2) is 0 Å². The van der Waals surface area contributed by atoms with Gasteiger partial charge in [-0.3, -0.25) is 0 Å². The SMILES string of the molecule is CNC(C)c1cc(Br)ccc1OCc1ccc(C)cc1Cl. The van der Waals surface area contributed by atoms with Crippen molar-refractivity contribution in [1.82, 2.24) is 5.32 Å². The molecule has 0 aromatic heterocycles. The molecule has 1 unspecified atom stereocenters. The van der Waals surface area contributed by atoms with Crippen LogP contribution in [0.25, 0.3) is 0 Å². The predicted octanol–water partition coefficient (Wildman–Crippen LogP) is 5.27. The summed E-state index contributed by atoms with van der Waals surface area (Å²) >= 11 is 9.76. The molecule has 4 heteroatoms. The van der Waals surface area contributed by atoms with Gasteiger partial charge in [-0.2, -0.15) is 0 Å². The Morgan fingerprint density at radius 1 is 1.24 bits per heavy atom. The Morgan fingerprint density at radius 2 is 2.00 bits per heavy atom. The number of nitrogens with one attached hydrogen (secondary N) is 1. The van der Waals surface area contributed by atoms with Crippen molar-refractivity contribution in [2.75, 3.05) is 7.05 Å². The normalized spacial score (nSPS) is 12.2. The summed E-state index contributed by atoms with van der Waals surface area (Å²) in [5, 5.41) is 3.98. The Kier molecular flexibility index (Phi) is 5.68. The first kappa shape index (κ1) is 16.3. The van der Waals surface area contributed by atoms with E-state index in [0.717, 1.165) is 31.9 Å². The highest BCUT2D eigenvalue weighted by Gasteiger charge is 2.11. The molecule has 0 saturated heterocycles. The highest BCUT2D eigenvalue weighted by molar-refractivity contribution is 9.10. The van der Waals surface area contributed by atoms with E-state index < -0.39 is 0 Å². The molecule has 2 aromatic rings. The van der Waals surface area contributed by atoms with Crippen molar-refractivity contribution in [1.29, 1.82) is 0 Å². The number of halogens is 2. The molecule has 0 heterocycles. The molecule has 2 nitrogen and oxygen atoms in total. The van der Waals surface area contributed by atoms with Crippen molar-refractivity contribution >= 4 is 27.5 Å². The van der Waals surface area contributed by atoms with Crippen LogP contribution in [0.3, 0.4) is 0 Å². The number of benzene rings is 2. The van der Waals surface area contributed by atoms with Crippen LogP contribution in [0, 0.1) is 6.92 Å². The lowest BCUT2D eigenvalue weighted by Crippen LogP contribution is -2.14. The maximum absolute atomic E-state index is 6.25. The smallest absolute Gasteiger partial charge is 0.124 e. The maximum Gasteiger partial charge on any atom is 0.124 e. The van der Waals surface area contributed by atoms with Crippen LogP contribution in [0.1, 0.15) is 29.7 Å². The molecule has 1 atom stereocenters. The highest BCUT2D eigenvalue weighted by Crippen LogP contribution is 2.29. The second-order valence-corrected chi connectivity index (χ2v) is 6.40. The lowest BCUT2D eigenvalue weighted by atomic mass is 10.1. The summed E-state index contributed by atoms with van der Waals surface area (Å²) in [6.45, 7) is 4.59. The van der Waals surface area contributed by atoms with Gasteiger partial charge in [-0.15, -0.1) is 0 Å². The van der Waals surface area contributed by atoms with Gasteiger partial charge in [0.2, 0.25) is 0 Å². The third-order valence-corrected chi connectivity index (χ3v) is 4.31. The molecule has 0 bridgehead atoms. The van der Waals surface area contributed by atoms with E-state index in [1.807, 2.05) is 44.3 Å². The summed E-state index contributed by atoms with van der Waals surface area (Å²) in [5.74, 6) is 0.872. The average molecular weight is 369 g/mol. The Balaban J connectivity index is 2.19. The van der Waals surface area contributed by atoms with E-state index in [9.17, 15) is 0 Å². The molecule has 0 aliphatic heterocycles. The first-order valence-electron chi connectivity index (χ1n) is 6.86. The van der Waals surface area contributed by atoms with Crippen molar-refractivity contribution in [3.05, 3.63) is 62.6 Å². The molecule has 0 amide bonds. The second-order valence-electron chi connectivity index (χ2n) is 5.08. The van der Waals surface area contributed by atoms with Crippen molar-refractivity contribution in [2.24, 2.45) is 0 Å². The van der Waals surface area contributed by atoms with E-state index in [2.05, 4.69) is 34.2 Å². The molecule has 0 aliphatic carbocycles. The molecule has 0 radical (unpaired) electrons. The van der Waals surface area contributed by atoms with E-state index in [4.69, 9.17) is 16.3 Å². The standard InChI is InChI=1S/C17H19BrClNO/c1-11-4-5-13(16(19)8-11)10-21-17-7-6-14(18)9-15(17)12(2)20-3/h4-9,12,20H,10H2,1-3H3. The molecule has 112 valence electrons. The van der Waals surface area contributed by atoms with Gasteiger partial charge in [0.25, 0.3) is 0 Å². The topological polar surface area (TPSA) is 21.3 Å². The minimum Gasteiger partial charge on any atom is -0.489 e. The summed E-state index contributed by atoms with van der Waals surface area (Å²) in [6.07, 6.45) is 0. The van der Waals surface area contributed by atoms with Gasteiger partial charge < -0.3 is 10.1 Å². The van der Waals surface area contributed by atoms with Gasteiger partial charge in [0, 0.05) is 26.7 Å². The number of hydrogen-bond donors (Lipinski definition) is 1. The van der Waals surface area contributed by atoms with Crippen LogP contribution >= 0.6 is 27.5 Å². The van der Waals surface area contributed by atoms with E-state index >= 15 is 0 Å². The first-order chi connectivity index (χ1) is 10.0. The fourth-order valence-electron chi connectivity index (χ4n) is 2.07. The number of ether oxygens (including phenoxy) is 1. The number of hydrogen-bond acceptors (Lipinski definition) is 2.